The number of benzene rings is 1. The molecule has 0 aromatic heterocycles. The van der Waals surface area contributed by atoms with E-state index in [-0.39, 0.29) is 55.2 Å². The van der Waals surface area contributed by atoms with E-state index in [1.54, 1.807) is 6.07 Å². The van der Waals surface area contributed by atoms with Crippen LogP contribution in [0.3, 0.4) is 0 Å². The lowest BCUT2D eigenvalue weighted by molar-refractivity contribution is -0.307. The van der Waals surface area contributed by atoms with Crippen molar-refractivity contribution in [3.8, 4) is 11.5 Å². The van der Waals surface area contributed by atoms with Crippen LogP contribution in [0.5, 0.6) is 11.5 Å². The second-order valence-corrected chi connectivity index (χ2v) is 7.06. The Morgan fingerprint density at radius 1 is 1.36 bits per heavy atom. The zero-order valence-corrected chi connectivity index (χ0v) is 15.0. The van der Waals surface area contributed by atoms with Crippen molar-refractivity contribution in [1.82, 2.24) is 4.90 Å². The molecule has 1 unspecified atom stereocenters. The van der Waals surface area contributed by atoms with E-state index in [1.165, 1.54) is 11.0 Å². The summed E-state index contributed by atoms with van der Waals surface area (Å²) >= 11 is 0. The molecule has 11 nitrogen and oxygen atoms in total. The maximum atomic E-state index is 12.0. The number of likely N-dealkylation sites (tertiary alicyclic amines) is 1. The monoisotopic (exact) mass is 395 g/mol. The average Bonchev–Trinajstić information content (AvgIpc) is 2.55. The van der Waals surface area contributed by atoms with Gasteiger partial charge in [0, 0.05) is 0 Å². The van der Waals surface area contributed by atoms with E-state index < -0.39 is 30.8 Å². The first-order valence-electron chi connectivity index (χ1n) is 8.81. The minimum atomic E-state index is -3.12. The molecular formula is C16H22BN3O8. The zero-order chi connectivity index (χ0) is 20.6. The van der Waals surface area contributed by atoms with Gasteiger partial charge in [-0.05, 0) is 18.1 Å². The highest BCUT2D eigenvalue weighted by atomic mass is 16.6. The van der Waals surface area contributed by atoms with Crippen molar-refractivity contribution in [2.75, 3.05) is 13.1 Å². The van der Waals surface area contributed by atoms with Crippen molar-refractivity contribution in [2.24, 2.45) is 5.73 Å². The lowest BCUT2D eigenvalue weighted by Crippen LogP contribution is -2.66. The van der Waals surface area contributed by atoms with Gasteiger partial charge in [0.05, 0.1) is 25.3 Å². The number of nitrogens with two attached hydrogens (primary N) is 1. The Morgan fingerprint density at radius 2 is 2.04 bits per heavy atom. The molecule has 0 bridgehead atoms. The molecule has 0 spiro atoms. The number of aromatic carboxylic acids is 1. The molecule has 1 atom stereocenters. The summed E-state index contributed by atoms with van der Waals surface area (Å²) in [4.78, 5) is 36.2. The molecular weight excluding hydrogens is 373 g/mol. The van der Waals surface area contributed by atoms with Gasteiger partial charge in [-0.25, -0.2) is 9.59 Å². The van der Waals surface area contributed by atoms with E-state index in [9.17, 15) is 29.5 Å². The van der Waals surface area contributed by atoms with Gasteiger partial charge in [0.25, 0.3) is 0 Å². The third-order valence-corrected chi connectivity index (χ3v) is 4.81. The molecule has 3 rings (SSSR count). The highest BCUT2D eigenvalue weighted by Crippen LogP contribution is 2.38. The molecule has 0 aliphatic carbocycles. The lowest BCUT2D eigenvalue weighted by atomic mass is 9.70. The number of nitrogens with zero attached hydrogens (tertiary/aromatic N) is 1. The van der Waals surface area contributed by atoms with Crippen molar-refractivity contribution < 1.29 is 44.7 Å². The average molecular weight is 395 g/mol. The van der Waals surface area contributed by atoms with E-state index in [0.717, 1.165) is 0 Å². The first kappa shape index (κ1) is 20.1. The molecule has 0 saturated carbocycles. The highest BCUT2D eigenvalue weighted by molar-refractivity contribution is 6.59. The van der Waals surface area contributed by atoms with Crippen LogP contribution in [0.1, 0.15) is 22.3 Å². The summed E-state index contributed by atoms with van der Waals surface area (Å²) in [5, 5.41) is 29.0. The maximum absolute atomic E-state index is 12.0. The molecule has 152 valence electrons. The second-order valence-electron chi connectivity index (χ2n) is 7.06. The Bertz CT molecular complexity index is 824. The van der Waals surface area contributed by atoms with Crippen LogP contribution in [-0.4, -0.2) is 69.8 Å². The van der Waals surface area contributed by atoms with Crippen molar-refractivity contribution in [3.63, 3.8) is 0 Å². The summed E-state index contributed by atoms with van der Waals surface area (Å²) < 4.78 is 10.8. The second kappa shape index (κ2) is 7.39. The quantitative estimate of drug-likeness (QED) is 0.320. The Kier molecular flexibility index (Phi) is 5.30. The van der Waals surface area contributed by atoms with Gasteiger partial charge in [-0.2, -0.15) is 0 Å². The first-order chi connectivity index (χ1) is 13.1. The van der Waals surface area contributed by atoms with Crippen LogP contribution in [0.4, 0.5) is 0 Å². The predicted octanol–water partition coefficient (Wildman–Crippen LogP) is -2.68. The first-order valence-corrected chi connectivity index (χ1v) is 8.81. The lowest BCUT2D eigenvalue weighted by Gasteiger charge is -2.40. The molecule has 1 aromatic carbocycles. The third kappa shape index (κ3) is 4.09. The van der Waals surface area contributed by atoms with Gasteiger partial charge in [-0.1, -0.05) is 12.4 Å². The largest absolute Gasteiger partial charge is 0.669 e. The molecule has 2 amide bonds. The SMILES string of the molecule is NC(CC(=O)N1CC(Oc2ccc3c(c2C(=O)O)O[B-](O)(O)CC3)C1)C([NH3+])=O. The van der Waals surface area contributed by atoms with E-state index in [1.807, 2.05) is 0 Å². The number of quaternary nitrogens is 1. The summed E-state index contributed by atoms with van der Waals surface area (Å²) in [6, 6.07) is 2.15. The van der Waals surface area contributed by atoms with E-state index in [4.69, 9.17) is 15.1 Å². The fourth-order valence-corrected chi connectivity index (χ4v) is 3.16. The van der Waals surface area contributed by atoms with Gasteiger partial charge < -0.3 is 35.2 Å². The molecule has 0 radical (unpaired) electrons. The normalized spacial score (nSPS) is 19.1. The molecule has 12 heteroatoms. The van der Waals surface area contributed by atoms with Crippen LogP contribution in [0.2, 0.25) is 6.32 Å². The fraction of sp³-hybridized carbons (Fsp3) is 0.438. The van der Waals surface area contributed by atoms with Crippen molar-refractivity contribution in [1.29, 1.82) is 0 Å². The standard InChI is InChI=1S/C16H21BN3O8/c18-10(15(19)22)5-12(21)20-6-9(7-20)27-11-2-1-8-3-4-17(25,26)28-14(8)13(11)16(23)24/h1-2,9-10,25-26H,3-7,18H2,(H2,19,22)(H,23,24)/q-1/p+1. The molecule has 2 aliphatic rings. The summed E-state index contributed by atoms with van der Waals surface area (Å²) in [7, 11) is 0. The predicted molar refractivity (Wildman–Crippen MR) is 94.2 cm³/mol. The van der Waals surface area contributed by atoms with Crippen LogP contribution < -0.4 is 20.9 Å². The number of amides is 2. The number of aryl methyl sites for hydroxylation is 1. The summed E-state index contributed by atoms with van der Waals surface area (Å²) in [5.74, 6) is -2.26. The number of ether oxygens (including phenoxy) is 1. The van der Waals surface area contributed by atoms with Gasteiger partial charge in [0.15, 0.2) is 0 Å². The number of fused-ring (bicyclic) bond motifs is 1. The summed E-state index contributed by atoms with van der Waals surface area (Å²) in [6.45, 7) is -2.70. The number of hydrogen-bond donors (Lipinski definition) is 5. The van der Waals surface area contributed by atoms with E-state index in [2.05, 4.69) is 5.73 Å². The van der Waals surface area contributed by atoms with Crippen LogP contribution in [-0.2, 0) is 16.0 Å². The van der Waals surface area contributed by atoms with Crippen LogP contribution in [0, 0.1) is 0 Å². The Morgan fingerprint density at radius 3 is 2.64 bits per heavy atom. The minimum absolute atomic E-state index is 0.0153. The molecule has 2 heterocycles. The Hall–Kier alpha value is -2.67. The number of carboxylic acid groups (broad SMARTS) is 1. The van der Waals surface area contributed by atoms with Gasteiger partial charge >= 0.3 is 18.6 Å². The molecule has 28 heavy (non-hydrogen) atoms. The summed E-state index contributed by atoms with van der Waals surface area (Å²) in [6.07, 6.45) is -0.364. The highest BCUT2D eigenvalue weighted by Gasteiger charge is 2.36. The molecule has 1 aromatic rings. The topological polar surface area (TPSA) is 187 Å². The molecule has 1 saturated heterocycles. The Balaban J connectivity index is 1.69. The van der Waals surface area contributed by atoms with Gasteiger partial charge in [0.2, 0.25) is 5.91 Å². The Labute approximate surface area is 159 Å². The fourth-order valence-electron chi connectivity index (χ4n) is 3.16. The van der Waals surface area contributed by atoms with Crippen LogP contribution in [0.15, 0.2) is 12.1 Å². The molecule has 8 N–H and O–H groups in total. The smallest absolute Gasteiger partial charge is 0.430 e. The van der Waals surface area contributed by atoms with E-state index >= 15 is 0 Å². The van der Waals surface area contributed by atoms with Gasteiger partial charge in [0.1, 0.15) is 23.5 Å². The van der Waals surface area contributed by atoms with E-state index in [0.29, 0.717) is 5.56 Å². The van der Waals surface area contributed by atoms with Gasteiger partial charge in [-0.15, -0.1) is 0 Å². The number of hydrogen-bond acceptors (Lipinski definition) is 8. The van der Waals surface area contributed by atoms with Crippen LogP contribution in [0.25, 0.3) is 0 Å². The van der Waals surface area contributed by atoms with Crippen molar-refractivity contribution in [2.45, 2.75) is 31.3 Å². The number of carboxylic acids is 1. The van der Waals surface area contributed by atoms with Crippen LogP contribution >= 0.6 is 0 Å². The van der Waals surface area contributed by atoms with Crippen molar-refractivity contribution in [3.05, 3.63) is 23.3 Å². The number of carbonyl (C=O) groups is 3. The maximum Gasteiger partial charge on any atom is 0.430 e. The summed E-state index contributed by atoms with van der Waals surface area (Å²) in [5.41, 5.74) is 8.95. The van der Waals surface area contributed by atoms with Gasteiger partial charge in [-0.3, -0.25) is 10.5 Å². The van der Waals surface area contributed by atoms with Crippen molar-refractivity contribution >= 4 is 24.5 Å². The zero-order valence-electron chi connectivity index (χ0n) is 15.0. The third-order valence-electron chi connectivity index (χ3n) is 4.81. The number of rotatable bonds is 6. The number of carbonyl (C=O) groups excluding carboxylic acids is 2. The molecule has 2 aliphatic heterocycles. The minimum Gasteiger partial charge on any atom is -0.669 e. The molecule has 1 fully saturated rings.